The summed E-state index contributed by atoms with van der Waals surface area (Å²) in [6.45, 7) is -0.114. The molecule has 0 atom stereocenters. The standard InChI is InChI=1S/C20H17FN4O3/c1-25-10-9-22-18(25)17(26)13-6-4-7-15(11-13)24-20(28)19(27)23-12-14-5-2-3-8-16(14)21/h2-11H,12H2,1H3,(H,23,27)(H,24,28). The highest BCUT2D eigenvalue weighted by Gasteiger charge is 2.17. The maximum atomic E-state index is 13.6. The monoisotopic (exact) mass is 380 g/mol. The van der Waals surface area contributed by atoms with Crippen LogP contribution in [-0.4, -0.2) is 27.1 Å². The molecule has 3 rings (SSSR count). The van der Waals surface area contributed by atoms with Gasteiger partial charge in [-0.25, -0.2) is 9.37 Å². The van der Waals surface area contributed by atoms with Gasteiger partial charge in [-0.1, -0.05) is 30.3 Å². The third-order valence-corrected chi connectivity index (χ3v) is 4.01. The van der Waals surface area contributed by atoms with E-state index < -0.39 is 17.6 Å². The molecular weight excluding hydrogens is 363 g/mol. The van der Waals surface area contributed by atoms with Crippen LogP contribution in [0.25, 0.3) is 0 Å². The van der Waals surface area contributed by atoms with E-state index in [4.69, 9.17) is 0 Å². The average molecular weight is 380 g/mol. The van der Waals surface area contributed by atoms with Crippen LogP contribution in [0.1, 0.15) is 21.7 Å². The molecule has 0 fully saturated rings. The zero-order valence-corrected chi connectivity index (χ0v) is 15.0. The Hall–Kier alpha value is -3.81. The lowest BCUT2D eigenvalue weighted by Gasteiger charge is -2.08. The number of aromatic nitrogens is 2. The Balaban J connectivity index is 1.64. The number of ketones is 1. The Bertz CT molecular complexity index is 1050. The van der Waals surface area contributed by atoms with E-state index in [9.17, 15) is 18.8 Å². The lowest BCUT2D eigenvalue weighted by Crippen LogP contribution is -2.35. The molecule has 1 aromatic heterocycles. The minimum absolute atomic E-state index is 0.114. The lowest BCUT2D eigenvalue weighted by molar-refractivity contribution is -0.136. The zero-order valence-electron chi connectivity index (χ0n) is 15.0. The average Bonchev–Trinajstić information content (AvgIpc) is 3.12. The fourth-order valence-corrected chi connectivity index (χ4v) is 2.54. The molecule has 0 spiro atoms. The van der Waals surface area contributed by atoms with Gasteiger partial charge in [0.2, 0.25) is 5.78 Å². The first-order valence-electron chi connectivity index (χ1n) is 8.40. The van der Waals surface area contributed by atoms with Gasteiger partial charge in [-0.05, 0) is 18.2 Å². The second-order valence-corrected chi connectivity index (χ2v) is 6.00. The molecule has 28 heavy (non-hydrogen) atoms. The van der Waals surface area contributed by atoms with Gasteiger partial charge in [-0.2, -0.15) is 0 Å². The number of carbonyl (C=O) groups excluding carboxylic acids is 3. The molecule has 1 heterocycles. The summed E-state index contributed by atoms with van der Waals surface area (Å²) in [6.07, 6.45) is 3.16. The largest absolute Gasteiger partial charge is 0.344 e. The fraction of sp³-hybridized carbons (Fsp3) is 0.100. The summed E-state index contributed by atoms with van der Waals surface area (Å²) in [5.74, 6) is -2.36. The van der Waals surface area contributed by atoms with Gasteiger partial charge in [0.05, 0.1) is 0 Å². The van der Waals surface area contributed by atoms with Crippen molar-refractivity contribution >= 4 is 23.3 Å². The SMILES string of the molecule is Cn1ccnc1C(=O)c1cccc(NC(=O)C(=O)NCc2ccccc2F)c1. The summed E-state index contributed by atoms with van der Waals surface area (Å²) in [4.78, 5) is 40.5. The van der Waals surface area contributed by atoms with E-state index in [1.54, 1.807) is 42.1 Å². The van der Waals surface area contributed by atoms with Gasteiger partial charge in [0, 0.05) is 42.8 Å². The van der Waals surface area contributed by atoms with Crippen LogP contribution in [0.4, 0.5) is 10.1 Å². The van der Waals surface area contributed by atoms with Gasteiger partial charge in [-0.15, -0.1) is 0 Å². The van der Waals surface area contributed by atoms with Crippen LogP contribution in [0.3, 0.4) is 0 Å². The van der Waals surface area contributed by atoms with E-state index in [1.807, 2.05) is 0 Å². The number of imidazole rings is 1. The molecule has 2 aromatic carbocycles. The quantitative estimate of drug-likeness (QED) is 0.523. The van der Waals surface area contributed by atoms with E-state index in [2.05, 4.69) is 15.6 Å². The summed E-state index contributed by atoms with van der Waals surface area (Å²) in [7, 11) is 1.70. The number of halogens is 1. The normalized spacial score (nSPS) is 10.4. The van der Waals surface area contributed by atoms with Crippen LogP contribution in [0.2, 0.25) is 0 Å². The molecular formula is C20H17FN4O3. The zero-order chi connectivity index (χ0) is 20.1. The minimum Gasteiger partial charge on any atom is -0.344 e. The summed E-state index contributed by atoms with van der Waals surface area (Å²) in [5, 5.41) is 4.78. The van der Waals surface area contributed by atoms with Crippen molar-refractivity contribution in [3.05, 3.63) is 83.7 Å². The first kappa shape index (κ1) is 19.0. The van der Waals surface area contributed by atoms with Crippen molar-refractivity contribution in [1.29, 1.82) is 0 Å². The number of hydrogen-bond donors (Lipinski definition) is 2. The molecule has 0 saturated carbocycles. The number of nitrogens with zero attached hydrogens (tertiary/aromatic N) is 2. The highest BCUT2D eigenvalue weighted by atomic mass is 19.1. The van der Waals surface area contributed by atoms with Crippen molar-refractivity contribution < 1.29 is 18.8 Å². The Kier molecular flexibility index (Phi) is 5.59. The molecule has 0 aliphatic carbocycles. The van der Waals surface area contributed by atoms with E-state index in [-0.39, 0.29) is 29.4 Å². The number of rotatable bonds is 5. The number of amides is 2. The Labute approximate surface area is 160 Å². The van der Waals surface area contributed by atoms with Gasteiger partial charge in [0.15, 0.2) is 5.82 Å². The van der Waals surface area contributed by atoms with Gasteiger partial charge in [-0.3, -0.25) is 14.4 Å². The molecule has 0 bridgehead atoms. The molecule has 0 unspecified atom stereocenters. The number of nitrogens with one attached hydrogen (secondary N) is 2. The fourth-order valence-electron chi connectivity index (χ4n) is 2.54. The minimum atomic E-state index is -0.919. The number of anilines is 1. The summed E-state index contributed by atoms with van der Waals surface area (Å²) >= 11 is 0. The van der Waals surface area contributed by atoms with Gasteiger partial charge < -0.3 is 15.2 Å². The van der Waals surface area contributed by atoms with Crippen LogP contribution < -0.4 is 10.6 Å². The van der Waals surface area contributed by atoms with Crippen molar-refractivity contribution in [3.63, 3.8) is 0 Å². The summed E-state index contributed by atoms with van der Waals surface area (Å²) < 4.78 is 15.1. The first-order chi connectivity index (χ1) is 13.5. The maximum absolute atomic E-state index is 13.6. The van der Waals surface area contributed by atoms with Crippen LogP contribution in [0, 0.1) is 5.82 Å². The number of carbonyl (C=O) groups is 3. The van der Waals surface area contributed by atoms with Crippen molar-refractivity contribution in [2.45, 2.75) is 6.54 Å². The molecule has 2 amide bonds. The van der Waals surface area contributed by atoms with Crippen molar-refractivity contribution in [1.82, 2.24) is 14.9 Å². The molecule has 0 aliphatic heterocycles. The Morgan fingerprint density at radius 1 is 1.07 bits per heavy atom. The van der Waals surface area contributed by atoms with E-state index in [0.717, 1.165) is 0 Å². The van der Waals surface area contributed by atoms with Crippen LogP contribution in [0.5, 0.6) is 0 Å². The molecule has 7 nitrogen and oxygen atoms in total. The van der Waals surface area contributed by atoms with E-state index in [1.165, 1.54) is 30.5 Å². The van der Waals surface area contributed by atoms with Gasteiger partial charge >= 0.3 is 11.8 Å². The highest BCUT2D eigenvalue weighted by Crippen LogP contribution is 2.14. The van der Waals surface area contributed by atoms with Crippen molar-refractivity contribution in [2.24, 2.45) is 7.05 Å². The van der Waals surface area contributed by atoms with Crippen molar-refractivity contribution in [3.8, 4) is 0 Å². The van der Waals surface area contributed by atoms with E-state index >= 15 is 0 Å². The first-order valence-corrected chi connectivity index (χ1v) is 8.40. The third kappa shape index (κ3) is 4.29. The lowest BCUT2D eigenvalue weighted by atomic mass is 10.1. The molecule has 0 saturated heterocycles. The molecule has 0 radical (unpaired) electrons. The third-order valence-electron chi connectivity index (χ3n) is 4.01. The number of hydrogen-bond acceptors (Lipinski definition) is 4. The second kappa shape index (κ2) is 8.26. The molecule has 2 N–H and O–H groups in total. The summed E-state index contributed by atoms with van der Waals surface area (Å²) in [5.41, 5.74) is 0.872. The molecule has 142 valence electrons. The highest BCUT2D eigenvalue weighted by molar-refractivity contribution is 6.39. The predicted molar refractivity (Wildman–Crippen MR) is 100.0 cm³/mol. The van der Waals surface area contributed by atoms with Crippen molar-refractivity contribution in [2.75, 3.05) is 5.32 Å². The van der Waals surface area contributed by atoms with Crippen LogP contribution in [0.15, 0.2) is 60.9 Å². The smallest absolute Gasteiger partial charge is 0.313 e. The summed E-state index contributed by atoms with van der Waals surface area (Å²) in [6, 6.07) is 12.1. The van der Waals surface area contributed by atoms with Crippen LogP contribution >= 0.6 is 0 Å². The molecule has 8 heteroatoms. The number of benzene rings is 2. The molecule has 3 aromatic rings. The predicted octanol–water partition coefficient (Wildman–Crippen LogP) is 2.05. The maximum Gasteiger partial charge on any atom is 0.313 e. The topological polar surface area (TPSA) is 93.1 Å². The van der Waals surface area contributed by atoms with Crippen LogP contribution in [-0.2, 0) is 23.2 Å². The Morgan fingerprint density at radius 3 is 2.57 bits per heavy atom. The van der Waals surface area contributed by atoms with Gasteiger partial charge in [0.1, 0.15) is 5.82 Å². The second-order valence-electron chi connectivity index (χ2n) is 6.00. The number of aryl methyl sites for hydroxylation is 1. The Morgan fingerprint density at radius 2 is 1.86 bits per heavy atom. The van der Waals surface area contributed by atoms with E-state index in [0.29, 0.717) is 5.56 Å². The molecule has 0 aliphatic rings. The van der Waals surface area contributed by atoms with Gasteiger partial charge in [0.25, 0.3) is 0 Å².